The van der Waals surface area contributed by atoms with Gasteiger partial charge in [-0.05, 0) is 37.0 Å². The average molecular weight is 396 g/mol. The van der Waals surface area contributed by atoms with Crippen LogP contribution in [-0.4, -0.2) is 22.2 Å². The monoisotopic (exact) mass is 395 g/mol. The summed E-state index contributed by atoms with van der Waals surface area (Å²) in [5.74, 6) is 0.403. The molecule has 28 heavy (non-hydrogen) atoms. The van der Waals surface area contributed by atoms with E-state index in [1.54, 1.807) is 6.92 Å². The molecule has 0 aliphatic carbocycles. The molecule has 0 fully saturated rings. The number of anilines is 1. The molecule has 0 spiro atoms. The minimum absolute atomic E-state index is 0.0779. The number of hydrogen-bond donors (Lipinski definition) is 1. The highest BCUT2D eigenvalue weighted by Crippen LogP contribution is 2.27. The smallest absolute Gasteiger partial charge is 0.266 e. The molecule has 1 heterocycles. The molecule has 5 nitrogen and oxygen atoms in total. The molecule has 6 heteroatoms. The molecule has 0 radical (unpaired) electrons. The second-order valence-electron chi connectivity index (χ2n) is 7.80. The van der Waals surface area contributed by atoms with Crippen molar-refractivity contribution in [1.29, 1.82) is 0 Å². The summed E-state index contributed by atoms with van der Waals surface area (Å²) in [7, 11) is 0. The van der Waals surface area contributed by atoms with E-state index in [0.29, 0.717) is 10.9 Å². The van der Waals surface area contributed by atoms with Crippen molar-refractivity contribution in [3.05, 3.63) is 59.7 Å². The Bertz CT molecular complexity index is 941. The fourth-order valence-corrected chi connectivity index (χ4v) is 3.34. The number of nitrogens with one attached hydrogen (secondary N) is 1. The number of ether oxygens (including phenoxy) is 1. The third-order valence-corrected chi connectivity index (χ3v) is 5.24. The van der Waals surface area contributed by atoms with E-state index < -0.39 is 6.10 Å². The van der Waals surface area contributed by atoms with Crippen LogP contribution in [0.2, 0.25) is 0 Å². The maximum Gasteiger partial charge on any atom is 0.266 e. The van der Waals surface area contributed by atoms with E-state index in [1.165, 1.54) is 22.5 Å². The number of benzene rings is 2. The van der Waals surface area contributed by atoms with Crippen molar-refractivity contribution in [2.45, 2.75) is 46.1 Å². The van der Waals surface area contributed by atoms with Crippen LogP contribution in [0, 0.1) is 6.92 Å². The fraction of sp³-hybridized carbons (Fsp3) is 0.318. The predicted octanol–water partition coefficient (Wildman–Crippen LogP) is 5.22. The van der Waals surface area contributed by atoms with Gasteiger partial charge >= 0.3 is 0 Å². The molecule has 0 saturated carbocycles. The predicted molar refractivity (Wildman–Crippen MR) is 114 cm³/mol. The topological polar surface area (TPSA) is 64.1 Å². The summed E-state index contributed by atoms with van der Waals surface area (Å²) >= 11 is 1.34. The number of nitrogens with zero attached hydrogens (tertiary/aromatic N) is 2. The third kappa shape index (κ3) is 4.95. The first kappa shape index (κ1) is 20.0. The Labute approximate surface area is 169 Å². The highest BCUT2D eigenvalue weighted by atomic mass is 32.1. The van der Waals surface area contributed by atoms with Crippen LogP contribution in [-0.2, 0) is 10.2 Å². The lowest BCUT2D eigenvalue weighted by atomic mass is 9.87. The van der Waals surface area contributed by atoms with Gasteiger partial charge in [-0.2, -0.15) is 0 Å². The zero-order chi connectivity index (χ0) is 20.3. The van der Waals surface area contributed by atoms with Crippen LogP contribution in [0.3, 0.4) is 0 Å². The van der Waals surface area contributed by atoms with Crippen molar-refractivity contribution >= 4 is 22.4 Å². The van der Waals surface area contributed by atoms with E-state index in [4.69, 9.17) is 4.74 Å². The van der Waals surface area contributed by atoms with Gasteiger partial charge in [0.2, 0.25) is 5.13 Å². The van der Waals surface area contributed by atoms with Crippen LogP contribution in [0.15, 0.2) is 48.5 Å². The van der Waals surface area contributed by atoms with Gasteiger partial charge in [-0.15, -0.1) is 10.2 Å². The van der Waals surface area contributed by atoms with Crippen LogP contribution in [0.1, 0.15) is 38.8 Å². The second kappa shape index (κ2) is 8.10. The summed E-state index contributed by atoms with van der Waals surface area (Å²) in [4.78, 5) is 12.4. The Kier molecular flexibility index (Phi) is 5.79. The first-order valence-electron chi connectivity index (χ1n) is 9.21. The SMILES string of the molecule is Cc1ccc(-c2nnc(NC(=O)[C@@H](C)Oc3ccc(C(C)(C)C)cc3)s2)cc1. The minimum Gasteiger partial charge on any atom is -0.481 e. The van der Waals surface area contributed by atoms with Crippen molar-refractivity contribution in [3.8, 4) is 16.3 Å². The van der Waals surface area contributed by atoms with Gasteiger partial charge in [0.1, 0.15) is 10.8 Å². The van der Waals surface area contributed by atoms with Crippen molar-refractivity contribution in [2.24, 2.45) is 0 Å². The lowest BCUT2D eigenvalue weighted by molar-refractivity contribution is -0.122. The second-order valence-corrected chi connectivity index (χ2v) is 8.78. The maximum atomic E-state index is 12.4. The summed E-state index contributed by atoms with van der Waals surface area (Å²) in [6.07, 6.45) is -0.646. The van der Waals surface area contributed by atoms with Gasteiger partial charge in [-0.1, -0.05) is 74.1 Å². The van der Waals surface area contributed by atoms with Crippen molar-refractivity contribution in [2.75, 3.05) is 5.32 Å². The molecule has 1 aromatic heterocycles. The largest absolute Gasteiger partial charge is 0.481 e. The molecule has 1 N–H and O–H groups in total. The van der Waals surface area contributed by atoms with E-state index in [0.717, 1.165) is 10.6 Å². The van der Waals surface area contributed by atoms with E-state index in [9.17, 15) is 4.79 Å². The van der Waals surface area contributed by atoms with Crippen LogP contribution in [0.5, 0.6) is 5.75 Å². The zero-order valence-corrected chi connectivity index (χ0v) is 17.6. The number of carbonyl (C=O) groups excluding carboxylic acids is 1. The Morgan fingerprint density at radius 1 is 1.04 bits per heavy atom. The van der Waals surface area contributed by atoms with Crippen molar-refractivity contribution in [3.63, 3.8) is 0 Å². The van der Waals surface area contributed by atoms with Crippen molar-refractivity contribution < 1.29 is 9.53 Å². The Morgan fingerprint density at radius 2 is 1.68 bits per heavy atom. The molecular weight excluding hydrogens is 370 g/mol. The summed E-state index contributed by atoms with van der Waals surface area (Å²) < 4.78 is 5.77. The van der Waals surface area contributed by atoms with Gasteiger partial charge in [0.15, 0.2) is 6.10 Å². The quantitative estimate of drug-likeness (QED) is 0.643. The van der Waals surface area contributed by atoms with Gasteiger partial charge in [0, 0.05) is 5.56 Å². The van der Waals surface area contributed by atoms with Crippen LogP contribution in [0.4, 0.5) is 5.13 Å². The van der Waals surface area contributed by atoms with Gasteiger partial charge in [-0.25, -0.2) is 0 Å². The molecule has 0 saturated heterocycles. The van der Waals surface area contributed by atoms with Gasteiger partial charge in [0.25, 0.3) is 5.91 Å². The molecule has 1 atom stereocenters. The van der Waals surface area contributed by atoms with E-state index in [-0.39, 0.29) is 11.3 Å². The number of aromatic nitrogens is 2. The maximum absolute atomic E-state index is 12.4. The zero-order valence-electron chi connectivity index (χ0n) is 16.8. The Balaban J connectivity index is 1.61. The van der Waals surface area contributed by atoms with Crippen LogP contribution < -0.4 is 10.1 Å². The Morgan fingerprint density at radius 3 is 2.29 bits per heavy atom. The average Bonchev–Trinajstić information content (AvgIpc) is 3.10. The molecule has 0 aliphatic rings. The standard InChI is InChI=1S/C22H25N3O2S/c1-14-6-8-16(9-7-14)20-24-25-21(28-20)23-19(26)15(2)27-18-12-10-17(11-13-18)22(3,4)5/h6-13,15H,1-5H3,(H,23,25,26)/t15-/m1/s1. The third-order valence-electron chi connectivity index (χ3n) is 4.36. The molecule has 1 amide bonds. The normalized spacial score (nSPS) is 12.5. The molecule has 3 rings (SSSR count). The van der Waals surface area contributed by atoms with Gasteiger partial charge < -0.3 is 4.74 Å². The lowest BCUT2D eigenvalue weighted by Gasteiger charge is -2.20. The van der Waals surface area contributed by atoms with Crippen molar-refractivity contribution in [1.82, 2.24) is 10.2 Å². The number of rotatable bonds is 5. The van der Waals surface area contributed by atoms with E-state index >= 15 is 0 Å². The Hall–Kier alpha value is -2.73. The first-order valence-corrected chi connectivity index (χ1v) is 10.0. The number of carbonyl (C=O) groups is 1. The summed E-state index contributed by atoms with van der Waals surface area (Å²) in [6.45, 7) is 10.2. The number of hydrogen-bond acceptors (Lipinski definition) is 5. The van der Waals surface area contributed by atoms with Gasteiger partial charge in [0.05, 0.1) is 0 Å². The highest BCUT2D eigenvalue weighted by molar-refractivity contribution is 7.18. The highest BCUT2D eigenvalue weighted by Gasteiger charge is 2.18. The number of aryl methyl sites for hydroxylation is 1. The fourth-order valence-electron chi connectivity index (χ4n) is 2.58. The molecule has 0 unspecified atom stereocenters. The minimum atomic E-state index is -0.646. The molecule has 0 bridgehead atoms. The molecule has 2 aromatic carbocycles. The van der Waals surface area contributed by atoms with Crippen LogP contribution >= 0.6 is 11.3 Å². The summed E-state index contributed by atoms with van der Waals surface area (Å²) in [5, 5.41) is 12.2. The first-order chi connectivity index (χ1) is 13.2. The molecule has 146 valence electrons. The summed E-state index contributed by atoms with van der Waals surface area (Å²) in [5.41, 5.74) is 3.46. The van der Waals surface area contributed by atoms with E-state index in [1.807, 2.05) is 55.5 Å². The molecule has 3 aromatic rings. The summed E-state index contributed by atoms with van der Waals surface area (Å²) in [6, 6.07) is 15.9. The number of amides is 1. The molecular formula is C22H25N3O2S. The van der Waals surface area contributed by atoms with Gasteiger partial charge in [-0.3, -0.25) is 10.1 Å². The van der Waals surface area contributed by atoms with Crippen LogP contribution in [0.25, 0.3) is 10.6 Å². The lowest BCUT2D eigenvalue weighted by Crippen LogP contribution is -2.30. The molecule has 0 aliphatic heterocycles. The van der Waals surface area contributed by atoms with E-state index in [2.05, 4.69) is 36.3 Å².